The Kier molecular flexibility index (Phi) is 6.87. The van der Waals surface area contributed by atoms with Crippen molar-refractivity contribution >= 4 is 11.7 Å². The molecule has 0 unspecified atom stereocenters. The van der Waals surface area contributed by atoms with E-state index >= 15 is 0 Å². The van der Waals surface area contributed by atoms with Crippen LogP contribution in [-0.4, -0.2) is 52.0 Å². The molecule has 0 saturated carbocycles. The first-order valence-corrected chi connectivity index (χ1v) is 10.4. The van der Waals surface area contributed by atoms with Gasteiger partial charge in [-0.25, -0.2) is 14.4 Å². The number of anilines is 1. The summed E-state index contributed by atoms with van der Waals surface area (Å²) in [5.74, 6) is 0.570. The number of benzene rings is 1. The fourth-order valence-corrected chi connectivity index (χ4v) is 3.81. The van der Waals surface area contributed by atoms with Crippen LogP contribution in [0.1, 0.15) is 50.9 Å². The van der Waals surface area contributed by atoms with E-state index in [9.17, 15) is 9.18 Å². The largest absolute Gasteiger partial charge is 0.451 e. The highest BCUT2D eigenvalue weighted by molar-refractivity contribution is 5.97. The monoisotopic (exact) mass is 415 g/mol. The molecule has 1 aromatic heterocycles. The number of ether oxygens (including phenoxy) is 1. The van der Waals surface area contributed by atoms with E-state index in [1.54, 1.807) is 11.1 Å². The zero-order chi connectivity index (χ0) is 21.8. The summed E-state index contributed by atoms with van der Waals surface area (Å²) < 4.78 is 20.1. The molecule has 1 saturated heterocycles. The summed E-state index contributed by atoms with van der Waals surface area (Å²) in [7, 11) is 0. The van der Waals surface area contributed by atoms with Gasteiger partial charge in [0.1, 0.15) is 17.9 Å². The van der Waals surface area contributed by atoms with Crippen molar-refractivity contribution in [3.63, 3.8) is 0 Å². The van der Waals surface area contributed by atoms with Crippen molar-refractivity contribution in [1.29, 1.82) is 0 Å². The maximum absolute atomic E-state index is 14.0. The Balaban J connectivity index is 1.94. The van der Waals surface area contributed by atoms with Crippen LogP contribution in [0.5, 0.6) is 11.5 Å². The van der Waals surface area contributed by atoms with Gasteiger partial charge in [-0.1, -0.05) is 0 Å². The van der Waals surface area contributed by atoms with Crippen LogP contribution in [0.25, 0.3) is 0 Å². The van der Waals surface area contributed by atoms with Crippen LogP contribution in [0.4, 0.5) is 10.2 Å². The standard InChI is InChI=1S/C22H30FN5O2/c1-14(2)28(15(3)4)22(29)18-11-16(23)5-6-19(18)30-20-12-25-13-26-21(20)27-9-7-17(24)8-10-27/h5-6,11-15,17H,7-10,24H2,1-4H3. The molecule has 1 aliphatic rings. The third-order valence-electron chi connectivity index (χ3n) is 5.24. The number of hydrogen-bond acceptors (Lipinski definition) is 6. The van der Waals surface area contributed by atoms with Gasteiger partial charge in [-0.05, 0) is 58.7 Å². The molecule has 8 heteroatoms. The second kappa shape index (κ2) is 9.38. The molecule has 3 rings (SSSR count). The van der Waals surface area contributed by atoms with Gasteiger partial charge in [-0.3, -0.25) is 4.79 Å². The van der Waals surface area contributed by atoms with E-state index in [2.05, 4.69) is 14.9 Å². The van der Waals surface area contributed by atoms with E-state index in [0.29, 0.717) is 11.6 Å². The maximum Gasteiger partial charge on any atom is 0.258 e. The number of carbonyl (C=O) groups is 1. The Bertz CT molecular complexity index is 874. The van der Waals surface area contributed by atoms with Gasteiger partial charge in [-0.2, -0.15) is 0 Å². The molecule has 0 aliphatic carbocycles. The Labute approximate surface area is 177 Å². The summed E-state index contributed by atoms with van der Waals surface area (Å²) in [5, 5.41) is 0. The molecule has 1 aliphatic heterocycles. The molecule has 1 amide bonds. The predicted octanol–water partition coefficient (Wildman–Crippen LogP) is 3.59. The molecule has 2 N–H and O–H groups in total. The van der Waals surface area contributed by atoms with Gasteiger partial charge in [0.25, 0.3) is 5.91 Å². The number of aromatic nitrogens is 2. The second-order valence-electron chi connectivity index (χ2n) is 8.18. The molecule has 1 fully saturated rings. The van der Waals surface area contributed by atoms with Gasteiger partial charge < -0.3 is 20.3 Å². The van der Waals surface area contributed by atoms with E-state index in [1.807, 2.05) is 27.7 Å². The topological polar surface area (TPSA) is 84.6 Å². The minimum absolute atomic E-state index is 0.0400. The maximum atomic E-state index is 14.0. The van der Waals surface area contributed by atoms with Crippen molar-refractivity contribution in [2.75, 3.05) is 18.0 Å². The summed E-state index contributed by atoms with van der Waals surface area (Å²) in [6, 6.07) is 4.09. The molecule has 0 spiro atoms. The van der Waals surface area contributed by atoms with Crippen molar-refractivity contribution in [2.24, 2.45) is 5.73 Å². The molecular formula is C22H30FN5O2. The van der Waals surface area contributed by atoms with Crippen molar-refractivity contribution in [1.82, 2.24) is 14.9 Å². The van der Waals surface area contributed by atoms with Crippen LogP contribution >= 0.6 is 0 Å². The highest BCUT2D eigenvalue weighted by Crippen LogP contribution is 2.34. The van der Waals surface area contributed by atoms with Crippen molar-refractivity contribution in [3.8, 4) is 11.5 Å². The summed E-state index contributed by atoms with van der Waals surface area (Å²) in [4.78, 5) is 25.5. The molecule has 2 heterocycles. The molecule has 30 heavy (non-hydrogen) atoms. The van der Waals surface area contributed by atoms with Gasteiger partial charge in [-0.15, -0.1) is 0 Å². The summed E-state index contributed by atoms with van der Waals surface area (Å²) >= 11 is 0. The quantitative estimate of drug-likeness (QED) is 0.776. The highest BCUT2D eigenvalue weighted by Gasteiger charge is 2.26. The Morgan fingerprint density at radius 3 is 2.50 bits per heavy atom. The summed E-state index contributed by atoms with van der Waals surface area (Å²) in [6.45, 7) is 9.25. The van der Waals surface area contributed by atoms with Crippen molar-refractivity contribution in [3.05, 3.63) is 42.1 Å². The highest BCUT2D eigenvalue weighted by atomic mass is 19.1. The number of carbonyl (C=O) groups excluding carboxylic acids is 1. The van der Waals surface area contributed by atoms with Gasteiger partial charge in [0.05, 0.1) is 11.8 Å². The lowest BCUT2D eigenvalue weighted by Crippen LogP contribution is -2.42. The SMILES string of the molecule is CC(C)N(C(=O)c1cc(F)ccc1Oc1cncnc1N1CCC(N)CC1)C(C)C. The second-order valence-corrected chi connectivity index (χ2v) is 8.18. The summed E-state index contributed by atoms with van der Waals surface area (Å²) in [5.41, 5.74) is 6.19. The molecule has 0 atom stereocenters. The molecule has 1 aromatic carbocycles. The number of hydrogen-bond donors (Lipinski definition) is 1. The molecule has 0 bridgehead atoms. The minimum atomic E-state index is -0.493. The molecular weight excluding hydrogens is 385 g/mol. The van der Waals surface area contributed by atoms with E-state index in [-0.39, 0.29) is 35.3 Å². The van der Waals surface area contributed by atoms with Crippen LogP contribution in [-0.2, 0) is 0 Å². The first-order valence-electron chi connectivity index (χ1n) is 10.4. The molecule has 0 radical (unpaired) electrons. The number of nitrogens with two attached hydrogens (primary N) is 1. The summed E-state index contributed by atoms with van der Waals surface area (Å²) in [6.07, 6.45) is 4.76. The molecule has 162 valence electrons. The van der Waals surface area contributed by atoms with E-state index in [4.69, 9.17) is 10.5 Å². The first-order chi connectivity index (χ1) is 14.3. The van der Waals surface area contributed by atoms with Crippen LogP contribution in [0, 0.1) is 5.82 Å². The first kappa shape index (κ1) is 22.0. The third-order valence-corrected chi connectivity index (χ3v) is 5.24. The minimum Gasteiger partial charge on any atom is -0.451 e. The van der Waals surface area contributed by atoms with E-state index < -0.39 is 5.82 Å². The van der Waals surface area contributed by atoms with E-state index in [0.717, 1.165) is 25.9 Å². The zero-order valence-corrected chi connectivity index (χ0v) is 18.0. The Morgan fingerprint density at radius 2 is 1.87 bits per heavy atom. The van der Waals surface area contributed by atoms with E-state index in [1.165, 1.54) is 24.5 Å². The average Bonchev–Trinajstić information content (AvgIpc) is 2.70. The number of nitrogens with zero attached hydrogens (tertiary/aromatic N) is 4. The number of amides is 1. The van der Waals surface area contributed by atoms with Crippen LogP contribution in [0.3, 0.4) is 0 Å². The molecule has 7 nitrogen and oxygen atoms in total. The smallest absolute Gasteiger partial charge is 0.258 e. The van der Waals surface area contributed by atoms with Crippen molar-refractivity contribution in [2.45, 2.75) is 58.7 Å². The van der Waals surface area contributed by atoms with Gasteiger partial charge in [0.15, 0.2) is 11.6 Å². The van der Waals surface area contributed by atoms with Crippen molar-refractivity contribution < 1.29 is 13.9 Å². The van der Waals surface area contributed by atoms with Gasteiger partial charge in [0, 0.05) is 31.2 Å². The van der Waals surface area contributed by atoms with Crippen LogP contribution < -0.4 is 15.4 Å². The lowest BCUT2D eigenvalue weighted by Gasteiger charge is -2.32. The lowest BCUT2D eigenvalue weighted by molar-refractivity contribution is 0.0640. The number of rotatable bonds is 6. The zero-order valence-electron chi connectivity index (χ0n) is 18.0. The Hall–Kier alpha value is -2.74. The van der Waals surface area contributed by atoms with Crippen LogP contribution in [0.15, 0.2) is 30.7 Å². The number of piperidine rings is 1. The predicted molar refractivity (Wildman–Crippen MR) is 114 cm³/mol. The van der Waals surface area contributed by atoms with Gasteiger partial charge in [0.2, 0.25) is 0 Å². The lowest BCUT2D eigenvalue weighted by atomic mass is 10.1. The van der Waals surface area contributed by atoms with Crippen LogP contribution in [0.2, 0.25) is 0 Å². The normalized spacial score (nSPS) is 15.0. The fourth-order valence-electron chi connectivity index (χ4n) is 3.81. The fraction of sp³-hybridized carbons (Fsp3) is 0.500. The van der Waals surface area contributed by atoms with Gasteiger partial charge >= 0.3 is 0 Å². The third kappa shape index (κ3) is 4.87. The average molecular weight is 416 g/mol. The molecule has 2 aromatic rings. The Morgan fingerprint density at radius 1 is 1.20 bits per heavy atom. The number of halogens is 1.